The van der Waals surface area contributed by atoms with E-state index in [4.69, 9.17) is 5.11 Å². The number of alkyl halides is 2. The number of rotatable bonds is 4. The van der Waals surface area contributed by atoms with E-state index in [1.54, 1.807) is 24.5 Å². The molecule has 0 saturated heterocycles. The predicted octanol–water partition coefficient (Wildman–Crippen LogP) is 2.67. The minimum atomic E-state index is -3.70. The lowest BCUT2D eigenvalue weighted by molar-refractivity contribution is -0.164. The third-order valence-electron chi connectivity index (χ3n) is 1.92. The summed E-state index contributed by atoms with van der Waals surface area (Å²) in [6.07, 6.45) is 0.997. The molecule has 1 aromatic carbocycles. The molecule has 0 atom stereocenters. The second-order valence-electron chi connectivity index (χ2n) is 3.00. The average molecular weight is 232 g/mol. The summed E-state index contributed by atoms with van der Waals surface area (Å²) in [5.74, 6) is -5.79. The summed E-state index contributed by atoms with van der Waals surface area (Å²) in [6, 6.07) is 6.56. The molecule has 2 nitrogen and oxygen atoms in total. The fourth-order valence-corrected chi connectivity index (χ4v) is 1.78. The summed E-state index contributed by atoms with van der Waals surface area (Å²) in [5.41, 5.74) is 0.359. The fraction of sp³-hybridized carbons (Fsp3) is 0.300. The second kappa shape index (κ2) is 4.61. The number of thioether (sulfide) groups is 1. The first-order valence-electron chi connectivity index (χ1n) is 4.20. The van der Waals surface area contributed by atoms with Gasteiger partial charge in [0.05, 0.1) is 0 Å². The maximum Gasteiger partial charge on any atom is 0.374 e. The lowest BCUT2D eigenvalue weighted by Crippen LogP contribution is -2.30. The molecule has 0 unspecified atom stereocenters. The van der Waals surface area contributed by atoms with Crippen LogP contribution in [0, 0.1) is 0 Å². The van der Waals surface area contributed by atoms with Gasteiger partial charge in [-0.25, -0.2) is 4.79 Å². The number of benzene rings is 1. The molecule has 15 heavy (non-hydrogen) atoms. The topological polar surface area (TPSA) is 37.3 Å². The maximum atomic E-state index is 12.9. The first-order chi connectivity index (χ1) is 6.97. The van der Waals surface area contributed by atoms with Gasteiger partial charge < -0.3 is 5.11 Å². The molecule has 0 aromatic heterocycles. The van der Waals surface area contributed by atoms with Gasteiger partial charge in [-0.1, -0.05) is 18.2 Å². The molecule has 0 heterocycles. The van der Waals surface area contributed by atoms with E-state index in [1.807, 2.05) is 0 Å². The van der Waals surface area contributed by atoms with Gasteiger partial charge in [0.25, 0.3) is 0 Å². The quantitative estimate of drug-likeness (QED) is 0.811. The van der Waals surface area contributed by atoms with Crippen molar-refractivity contribution in [2.75, 3.05) is 6.26 Å². The van der Waals surface area contributed by atoms with E-state index in [2.05, 4.69) is 0 Å². The van der Waals surface area contributed by atoms with Crippen LogP contribution < -0.4 is 0 Å². The van der Waals surface area contributed by atoms with E-state index < -0.39 is 18.3 Å². The molecule has 1 aromatic rings. The highest BCUT2D eigenvalue weighted by atomic mass is 32.2. The number of carboxylic acids is 1. The maximum absolute atomic E-state index is 12.9. The number of hydrogen-bond donors (Lipinski definition) is 1. The molecule has 0 fully saturated rings. The van der Waals surface area contributed by atoms with E-state index in [9.17, 15) is 13.6 Å². The summed E-state index contributed by atoms with van der Waals surface area (Å²) in [4.78, 5) is 10.9. The van der Waals surface area contributed by atoms with Crippen molar-refractivity contribution < 1.29 is 18.7 Å². The SMILES string of the molecule is CSc1ccccc1CC(F)(F)C(=O)O. The minimum absolute atomic E-state index is 0.359. The van der Waals surface area contributed by atoms with Crippen LogP contribution in [0.25, 0.3) is 0 Å². The predicted molar refractivity (Wildman–Crippen MR) is 54.5 cm³/mol. The van der Waals surface area contributed by atoms with E-state index in [1.165, 1.54) is 17.8 Å². The van der Waals surface area contributed by atoms with Crippen molar-refractivity contribution in [3.05, 3.63) is 29.8 Å². The summed E-state index contributed by atoms with van der Waals surface area (Å²) < 4.78 is 25.9. The zero-order chi connectivity index (χ0) is 11.5. The van der Waals surface area contributed by atoms with Gasteiger partial charge in [0.2, 0.25) is 0 Å². The molecule has 0 aliphatic rings. The lowest BCUT2D eigenvalue weighted by atomic mass is 10.1. The van der Waals surface area contributed by atoms with E-state index >= 15 is 0 Å². The number of hydrogen-bond acceptors (Lipinski definition) is 2. The summed E-state index contributed by atoms with van der Waals surface area (Å²) in [6.45, 7) is 0. The van der Waals surface area contributed by atoms with Gasteiger partial charge in [0, 0.05) is 11.3 Å². The molecule has 0 spiro atoms. The molecule has 0 aliphatic heterocycles. The molecule has 0 aliphatic carbocycles. The van der Waals surface area contributed by atoms with Crippen molar-refractivity contribution in [1.29, 1.82) is 0 Å². The van der Waals surface area contributed by atoms with Crippen LogP contribution in [0.3, 0.4) is 0 Å². The molecule has 0 saturated carbocycles. The van der Waals surface area contributed by atoms with Gasteiger partial charge in [-0.05, 0) is 17.9 Å². The molecule has 0 radical (unpaired) electrons. The lowest BCUT2D eigenvalue weighted by Gasteiger charge is -2.13. The summed E-state index contributed by atoms with van der Waals surface area (Å²) >= 11 is 1.32. The molecule has 82 valence electrons. The molecule has 1 rings (SSSR count). The minimum Gasteiger partial charge on any atom is -0.477 e. The number of carbonyl (C=O) groups is 1. The van der Waals surface area contributed by atoms with Crippen LogP contribution in [0.1, 0.15) is 5.56 Å². The normalized spacial score (nSPS) is 11.4. The Morgan fingerprint density at radius 1 is 1.47 bits per heavy atom. The van der Waals surface area contributed by atoms with Crippen LogP contribution in [0.15, 0.2) is 29.2 Å². The zero-order valence-electron chi connectivity index (χ0n) is 8.04. The fourth-order valence-electron chi connectivity index (χ4n) is 1.16. The largest absolute Gasteiger partial charge is 0.477 e. The third-order valence-corrected chi connectivity index (χ3v) is 2.76. The monoisotopic (exact) mass is 232 g/mol. The smallest absolute Gasteiger partial charge is 0.374 e. The molecule has 0 amide bonds. The van der Waals surface area contributed by atoms with E-state index in [0.29, 0.717) is 10.5 Å². The molecular formula is C10H10F2O2S. The van der Waals surface area contributed by atoms with Gasteiger partial charge in [0.1, 0.15) is 0 Å². The van der Waals surface area contributed by atoms with Crippen LogP contribution in [0.2, 0.25) is 0 Å². The van der Waals surface area contributed by atoms with Gasteiger partial charge in [-0.2, -0.15) is 8.78 Å². The Morgan fingerprint density at radius 3 is 2.60 bits per heavy atom. The van der Waals surface area contributed by atoms with Crippen molar-refractivity contribution >= 4 is 17.7 Å². The Labute approximate surface area is 90.3 Å². The van der Waals surface area contributed by atoms with Crippen molar-refractivity contribution in [3.8, 4) is 0 Å². The summed E-state index contributed by atoms with van der Waals surface area (Å²) in [7, 11) is 0. The van der Waals surface area contributed by atoms with E-state index in [0.717, 1.165) is 0 Å². The third kappa shape index (κ3) is 2.92. The first-order valence-corrected chi connectivity index (χ1v) is 5.43. The Balaban J connectivity index is 2.94. The van der Waals surface area contributed by atoms with Gasteiger partial charge in [-0.15, -0.1) is 11.8 Å². The van der Waals surface area contributed by atoms with Crippen LogP contribution in [-0.2, 0) is 11.2 Å². The first kappa shape index (κ1) is 12.0. The Kier molecular flexibility index (Phi) is 3.68. The van der Waals surface area contributed by atoms with Gasteiger partial charge in [0.15, 0.2) is 0 Å². The Bertz CT molecular complexity index is 366. The highest BCUT2D eigenvalue weighted by Gasteiger charge is 2.39. The van der Waals surface area contributed by atoms with Gasteiger partial charge >= 0.3 is 11.9 Å². The van der Waals surface area contributed by atoms with Gasteiger partial charge in [-0.3, -0.25) is 0 Å². The van der Waals surface area contributed by atoms with Crippen molar-refractivity contribution in [2.24, 2.45) is 0 Å². The number of carboxylic acid groups (broad SMARTS) is 1. The zero-order valence-corrected chi connectivity index (χ0v) is 8.85. The van der Waals surface area contributed by atoms with Crippen molar-refractivity contribution in [1.82, 2.24) is 0 Å². The van der Waals surface area contributed by atoms with Crippen LogP contribution >= 0.6 is 11.8 Å². The van der Waals surface area contributed by atoms with Crippen LogP contribution in [0.5, 0.6) is 0 Å². The number of halogens is 2. The van der Waals surface area contributed by atoms with Crippen molar-refractivity contribution in [2.45, 2.75) is 17.2 Å². The second-order valence-corrected chi connectivity index (χ2v) is 3.85. The molecule has 5 heteroatoms. The Hall–Kier alpha value is -1.10. The highest BCUT2D eigenvalue weighted by molar-refractivity contribution is 7.98. The van der Waals surface area contributed by atoms with Crippen LogP contribution in [0.4, 0.5) is 8.78 Å². The highest BCUT2D eigenvalue weighted by Crippen LogP contribution is 2.27. The average Bonchev–Trinajstić information content (AvgIpc) is 2.18. The molecule has 0 bridgehead atoms. The van der Waals surface area contributed by atoms with Crippen molar-refractivity contribution in [3.63, 3.8) is 0 Å². The number of aliphatic carboxylic acids is 1. The molecular weight excluding hydrogens is 222 g/mol. The van der Waals surface area contributed by atoms with Crippen LogP contribution in [-0.4, -0.2) is 23.3 Å². The Morgan fingerprint density at radius 2 is 2.07 bits per heavy atom. The standard InChI is InChI=1S/C10H10F2O2S/c1-15-8-5-3-2-4-7(8)6-10(11,12)9(13)14/h2-5H,6H2,1H3,(H,13,14). The van der Waals surface area contributed by atoms with E-state index in [-0.39, 0.29) is 0 Å². The summed E-state index contributed by atoms with van der Waals surface area (Å²) in [5, 5.41) is 8.31. The molecule has 1 N–H and O–H groups in total.